The Kier molecular flexibility index (Phi) is 11.6. The van der Waals surface area contributed by atoms with E-state index in [0.29, 0.717) is 4.32 Å². The van der Waals surface area contributed by atoms with Crippen molar-refractivity contribution < 1.29 is 9.63 Å². The molecule has 1 amide bonds. The first-order valence-corrected chi connectivity index (χ1v) is 6.76. The number of thiocarbonyl (C=S) groups is 1. The van der Waals surface area contributed by atoms with Crippen LogP contribution in [-0.2, 0) is 4.84 Å². The highest BCUT2D eigenvalue weighted by atomic mass is 32.2. The van der Waals surface area contributed by atoms with Gasteiger partial charge in [0.15, 0.2) is 0 Å². The van der Waals surface area contributed by atoms with Gasteiger partial charge in [-0.25, -0.2) is 4.79 Å². The standard InChI is InChI=1S/C5H11BN2O2S2.C5H5N/c1-3-6-12-5(11)8-4(9)10-7-2;1-2-4-6-5-3-1/h6-7H,3H2,1-2H3,(H,8,9,11);1-5H. The average molecular weight is 285 g/mol. The summed E-state index contributed by atoms with van der Waals surface area (Å²) in [6.45, 7) is 2.94. The fraction of sp³-hybridized carbons (Fsp3) is 0.300. The maximum absolute atomic E-state index is 10.7. The summed E-state index contributed by atoms with van der Waals surface area (Å²) in [5, 5.41) is 2.39. The first-order valence-electron chi connectivity index (χ1n) is 5.37. The minimum absolute atomic E-state index is 0.442. The van der Waals surface area contributed by atoms with E-state index >= 15 is 0 Å². The van der Waals surface area contributed by atoms with Gasteiger partial charge < -0.3 is 4.84 Å². The lowest BCUT2D eigenvalue weighted by molar-refractivity contribution is 0.108. The second-order valence-corrected chi connectivity index (χ2v) is 4.65. The zero-order valence-electron chi connectivity index (χ0n) is 10.4. The first kappa shape index (κ1) is 16.9. The van der Waals surface area contributed by atoms with E-state index in [-0.39, 0.29) is 0 Å². The number of nitrogens with zero attached hydrogens (tertiary/aromatic N) is 1. The molecule has 1 aromatic heterocycles. The van der Waals surface area contributed by atoms with Gasteiger partial charge in [0.25, 0.3) is 0 Å². The average Bonchev–Trinajstić information content (AvgIpc) is 2.39. The summed E-state index contributed by atoms with van der Waals surface area (Å²) in [7, 11) is 1.50. The van der Waals surface area contributed by atoms with Gasteiger partial charge >= 0.3 is 6.09 Å². The van der Waals surface area contributed by atoms with Crippen LogP contribution in [-0.4, -0.2) is 29.0 Å². The van der Waals surface area contributed by atoms with E-state index in [4.69, 9.17) is 12.2 Å². The second kappa shape index (κ2) is 12.3. The van der Waals surface area contributed by atoms with Gasteiger partial charge in [-0.3, -0.25) is 10.3 Å². The highest BCUT2D eigenvalue weighted by Gasteiger charge is 2.04. The van der Waals surface area contributed by atoms with E-state index in [1.807, 2.05) is 25.1 Å². The molecule has 1 heterocycles. The summed E-state index contributed by atoms with van der Waals surface area (Å²) in [6, 6.07) is 5.72. The second-order valence-electron chi connectivity index (χ2n) is 2.88. The maximum Gasteiger partial charge on any atom is 0.431 e. The molecule has 2 N–H and O–H groups in total. The van der Waals surface area contributed by atoms with Crippen LogP contribution in [0.3, 0.4) is 0 Å². The number of rotatable bonds is 3. The lowest BCUT2D eigenvalue weighted by Crippen LogP contribution is -2.31. The summed E-state index contributed by atoms with van der Waals surface area (Å²) in [5.74, 6) is 0. The monoisotopic (exact) mass is 285 g/mol. The number of carbonyl (C=O) groups is 1. The number of hydroxylamine groups is 1. The van der Waals surface area contributed by atoms with Gasteiger partial charge in [-0.15, -0.1) is 0 Å². The fourth-order valence-electron chi connectivity index (χ4n) is 0.745. The molecule has 8 heteroatoms. The van der Waals surface area contributed by atoms with Crippen LogP contribution in [0.25, 0.3) is 0 Å². The van der Waals surface area contributed by atoms with E-state index < -0.39 is 6.09 Å². The smallest absolute Gasteiger partial charge is 0.354 e. The van der Waals surface area contributed by atoms with Crippen LogP contribution in [0.5, 0.6) is 0 Å². The highest BCUT2D eigenvalue weighted by molar-refractivity contribution is 8.39. The highest BCUT2D eigenvalue weighted by Crippen LogP contribution is 2.00. The lowest BCUT2D eigenvalue weighted by atomic mass is 10.1. The van der Waals surface area contributed by atoms with Crippen LogP contribution >= 0.6 is 23.8 Å². The Bertz CT molecular complexity index is 314. The van der Waals surface area contributed by atoms with Crippen molar-refractivity contribution in [2.75, 3.05) is 7.05 Å². The van der Waals surface area contributed by atoms with Crippen LogP contribution < -0.4 is 10.8 Å². The number of hydrogen-bond acceptors (Lipinski definition) is 6. The van der Waals surface area contributed by atoms with Gasteiger partial charge in [0.1, 0.15) is 4.32 Å². The van der Waals surface area contributed by atoms with Crippen LogP contribution in [0, 0.1) is 0 Å². The van der Waals surface area contributed by atoms with E-state index in [0.717, 1.165) is 12.9 Å². The van der Waals surface area contributed by atoms with Crippen molar-refractivity contribution in [1.29, 1.82) is 0 Å². The zero-order valence-corrected chi connectivity index (χ0v) is 12.0. The molecule has 0 saturated carbocycles. The Morgan fingerprint density at radius 3 is 2.50 bits per heavy atom. The molecule has 0 fully saturated rings. The Hall–Kier alpha value is -1.12. The molecule has 0 aliphatic heterocycles. The molecule has 1 rings (SSSR count). The zero-order chi connectivity index (χ0) is 13.6. The predicted octanol–water partition coefficient (Wildman–Crippen LogP) is 1.74. The molecular formula is C10H16BN3O2S2. The molecule has 0 aliphatic carbocycles. The minimum Gasteiger partial charge on any atom is -0.354 e. The quantitative estimate of drug-likeness (QED) is 0.501. The van der Waals surface area contributed by atoms with E-state index in [2.05, 4.69) is 20.6 Å². The summed E-state index contributed by atoms with van der Waals surface area (Å²) < 4.78 is 0.442. The molecule has 0 aromatic carbocycles. The van der Waals surface area contributed by atoms with Crippen molar-refractivity contribution in [3.63, 3.8) is 0 Å². The third-order valence-corrected chi connectivity index (χ3v) is 2.83. The lowest BCUT2D eigenvalue weighted by Gasteiger charge is -2.04. The van der Waals surface area contributed by atoms with E-state index in [1.54, 1.807) is 12.4 Å². The van der Waals surface area contributed by atoms with Gasteiger partial charge in [-0.05, 0) is 12.1 Å². The molecule has 5 nitrogen and oxygen atoms in total. The van der Waals surface area contributed by atoms with Crippen LogP contribution in [0.1, 0.15) is 6.92 Å². The molecule has 1 aromatic rings. The molecule has 18 heavy (non-hydrogen) atoms. The largest absolute Gasteiger partial charge is 0.431 e. The molecule has 0 saturated heterocycles. The van der Waals surface area contributed by atoms with E-state index in [1.165, 1.54) is 18.7 Å². The van der Waals surface area contributed by atoms with Gasteiger partial charge in [0, 0.05) is 19.4 Å². The van der Waals surface area contributed by atoms with Gasteiger partial charge in [-0.1, -0.05) is 31.5 Å². The summed E-state index contributed by atoms with van der Waals surface area (Å²) in [5.41, 5.74) is 2.25. The molecule has 0 bridgehead atoms. The molecule has 0 spiro atoms. The molecule has 0 radical (unpaired) electrons. The Morgan fingerprint density at radius 1 is 1.44 bits per heavy atom. The SMILES string of the molecule is CCBSC(=S)NC(=O)ONC.c1ccncc1. The van der Waals surface area contributed by atoms with Crippen molar-refractivity contribution in [1.82, 2.24) is 15.8 Å². The van der Waals surface area contributed by atoms with E-state index in [9.17, 15) is 4.79 Å². The normalized spacial score (nSPS) is 8.56. The van der Waals surface area contributed by atoms with Crippen LogP contribution in [0.15, 0.2) is 30.6 Å². The summed E-state index contributed by atoms with van der Waals surface area (Å²) in [6.07, 6.45) is 3.94. The Labute approximate surface area is 117 Å². The number of hydrogen-bond donors (Lipinski definition) is 2. The summed E-state index contributed by atoms with van der Waals surface area (Å²) in [4.78, 5) is 18.9. The fourth-order valence-corrected chi connectivity index (χ4v) is 1.62. The van der Waals surface area contributed by atoms with Crippen LogP contribution in [0.4, 0.5) is 4.79 Å². The van der Waals surface area contributed by atoms with Crippen molar-refractivity contribution in [3.8, 4) is 0 Å². The molecule has 0 atom stereocenters. The van der Waals surface area contributed by atoms with Gasteiger partial charge in [0.2, 0.25) is 6.56 Å². The number of amides is 1. The van der Waals surface area contributed by atoms with Crippen molar-refractivity contribution in [2.24, 2.45) is 0 Å². The third kappa shape index (κ3) is 11.4. The Balaban J connectivity index is 0.000000397. The number of pyridine rings is 1. The van der Waals surface area contributed by atoms with Gasteiger partial charge in [-0.2, -0.15) is 17.1 Å². The van der Waals surface area contributed by atoms with Crippen molar-refractivity contribution >= 4 is 40.8 Å². The first-order chi connectivity index (χ1) is 8.70. The maximum atomic E-state index is 10.7. The predicted molar refractivity (Wildman–Crippen MR) is 80.7 cm³/mol. The molecule has 98 valence electrons. The molecule has 0 aliphatic rings. The summed E-state index contributed by atoms with van der Waals surface area (Å²) >= 11 is 6.26. The minimum atomic E-state index is -0.578. The number of carbonyl (C=O) groups excluding carboxylic acids is 1. The topological polar surface area (TPSA) is 63.2 Å². The number of nitrogens with one attached hydrogen (secondary N) is 2. The Morgan fingerprint density at radius 2 is 2.11 bits per heavy atom. The molecular weight excluding hydrogens is 269 g/mol. The number of aromatic nitrogens is 1. The van der Waals surface area contributed by atoms with Crippen LogP contribution in [0.2, 0.25) is 6.32 Å². The van der Waals surface area contributed by atoms with Crippen molar-refractivity contribution in [2.45, 2.75) is 13.2 Å². The third-order valence-electron chi connectivity index (χ3n) is 1.40. The molecule has 0 unspecified atom stereocenters. The van der Waals surface area contributed by atoms with Gasteiger partial charge in [0.05, 0.1) is 0 Å². The van der Waals surface area contributed by atoms with Crippen molar-refractivity contribution in [3.05, 3.63) is 30.6 Å².